The molecule has 0 spiro atoms. The lowest BCUT2D eigenvalue weighted by Crippen LogP contribution is -2.17. The molecule has 0 aliphatic carbocycles. The quantitative estimate of drug-likeness (QED) is 0.890. The number of carbonyl (C=O) groups is 1. The van der Waals surface area contributed by atoms with Gasteiger partial charge in [-0.2, -0.15) is 5.10 Å². The van der Waals surface area contributed by atoms with Crippen molar-refractivity contribution in [1.29, 1.82) is 0 Å². The Bertz CT molecular complexity index is 577. The molecule has 0 radical (unpaired) electrons. The lowest BCUT2D eigenvalue weighted by Gasteiger charge is -2.09. The zero-order valence-corrected chi connectivity index (χ0v) is 11.7. The van der Waals surface area contributed by atoms with Gasteiger partial charge in [0.1, 0.15) is 5.82 Å². The van der Waals surface area contributed by atoms with Crippen molar-refractivity contribution in [1.82, 2.24) is 20.2 Å². The van der Waals surface area contributed by atoms with Gasteiger partial charge in [0.05, 0.1) is 18.0 Å². The standard InChI is InChI=1S/C11H11BrN6O/c1-2-13-9-8(5-7(12)6-15-9)10(19)17-11-14-3-4-16-18-11/h3-6H,2H2,1H3,(H,13,15)(H,14,17,18,19). The Balaban J connectivity index is 2.25. The van der Waals surface area contributed by atoms with Crippen LogP contribution in [0.1, 0.15) is 17.3 Å². The summed E-state index contributed by atoms with van der Waals surface area (Å²) in [7, 11) is 0. The highest BCUT2D eigenvalue weighted by Gasteiger charge is 2.14. The van der Waals surface area contributed by atoms with Crippen LogP contribution in [0.25, 0.3) is 0 Å². The Morgan fingerprint density at radius 2 is 2.21 bits per heavy atom. The molecule has 0 saturated carbocycles. The van der Waals surface area contributed by atoms with Crippen molar-refractivity contribution in [2.45, 2.75) is 6.92 Å². The summed E-state index contributed by atoms with van der Waals surface area (Å²) in [6.07, 6.45) is 4.50. The first kappa shape index (κ1) is 13.3. The molecular weight excluding hydrogens is 312 g/mol. The van der Waals surface area contributed by atoms with Crippen LogP contribution >= 0.6 is 15.9 Å². The van der Waals surface area contributed by atoms with Gasteiger partial charge in [0, 0.05) is 17.2 Å². The first-order valence-corrected chi connectivity index (χ1v) is 6.34. The molecule has 2 heterocycles. The molecule has 0 aliphatic heterocycles. The molecule has 19 heavy (non-hydrogen) atoms. The number of nitrogens with one attached hydrogen (secondary N) is 2. The third-order valence-corrected chi connectivity index (χ3v) is 2.58. The number of halogens is 1. The van der Waals surface area contributed by atoms with Gasteiger partial charge in [-0.1, -0.05) is 0 Å². The molecule has 2 aromatic rings. The number of aromatic nitrogens is 4. The van der Waals surface area contributed by atoms with Crippen molar-refractivity contribution in [3.8, 4) is 0 Å². The third-order valence-electron chi connectivity index (χ3n) is 2.15. The lowest BCUT2D eigenvalue weighted by molar-refractivity contribution is 0.102. The third kappa shape index (κ3) is 3.44. The van der Waals surface area contributed by atoms with Crippen molar-refractivity contribution in [3.63, 3.8) is 0 Å². The predicted molar refractivity (Wildman–Crippen MR) is 73.9 cm³/mol. The fraction of sp³-hybridized carbons (Fsp3) is 0.182. The van der Waals surface area contributed by atoms with Crippen molar-refractivity contribution >= 4 is 33.6 Å². The van der Waals surface area contributed by atoms with Gasteiger partial charge in [0.15, 0.2) is 0 Å². The largest absolute Gasteiger partial charge is 0.370 e. The van der Waals surface area contributed by atoms with Gasteiger partial charge >= 0.3 is 0 Å². The fourth-order valence-electron chi connectivity index (χ4n) is 1.39. The number of hydrogen-bond acceptors (Lipinski definition) is 6. The maximum absolute atomic E-state index is 12.1. The highest BCUT2D eigenvalue weighted by molar-refractivity contribution is 9.10. The van der Waals surface area contributed by atoms with E-state index >= 15 is 0 Å². The van der Waals surface area contributed by atoms with Crippen LogP contribution in [-0.2, 0) is 0 Å². The summed E-state index contributed by atoms with van der Waals surface area (Å²) in [5.41, 5.74) is 0.406. The molecule has 0 aliphatic rings. The topological polar surface area (TPSA) is 92.7 Å². The molecule has 1 amide bonds. The van der Waals surface area contributed by atoms with Crippen molar-refractivity contribution < 1.29 is 4.79 Å². The van der Waals surface area contributed by atoms with Crippen LogP contribution in [-0.4, -0.2) is 32.6 Å². The lowest BCUT2D eigenvalue weighted by atomic mass is 10.2. The summed E-state index contributed by atoms with van der Waals surface area (Å²) in [6, 6.07) is 1.68. The van der Waals surface area contributed by atoms with Crippen LogP contribution in [0.5, 0.6) is 0 Å². The molecule has 0 aromatic carbocycles. The number of pyridine rings is 1. The Kier molecular flexibility index (Phi) is 4.35. The van der Waals surface area contributed by atoms with E-state index in [0.29, 0.717) is 22.4 Å². The summed E-state index contributed by atoms with van der Waals surface area (Å²) < 4.78 is 0.714. The first-order valence-electron chi connectivity index (χ1n) is 5.55. The molecule has 2 aromatic heterocycles. The number of nitrogens with zero attached hydrogens (tertiary/aromatic N) is 4. The molecule has 0 fully saturated rings. The van der Waals surface area contributed by atoms with Crippen LogP contribution in [0, 0.1) is 0 Å². The summed E-state index contributed by atoms with van der Waals surface area (Å²) in [5, 5.41) is 12.9. The van der Waals surface area contributed by atoms with Crippen LogP contribution in [0.15, 0.2) is 29.1 Å². The molecular formula is C11H11BrN6O. The van der Waals surface area contributed by atoms with E-state index in [4.69, 9.17) is 0 Å². The SMILES string of the molecule is CCNc1ncc(Br)cc1C(=O)Nc1nccnn1. The number of amides is 1. The zero-order valence-electron chi connectivity index (χ0n) is 10.1. The normalized spacial score (nSPS) is 10.0. The first-order chi connectivity index (χ1) is 9.20. The molecule has 8 heteroatoms. The molecule has 98 valence electrons. The number of rotatable bonds is 4. The average molecular weight is 323 g/mol. The highest BCUT2D eigenvalue weighted by atomic mass is 79.9. The monoisotopic (exact) mass is 322 g/mol. The van der Waals surface area contributed by atoms with Gasteiger partial charge in [0.25, 0.3) is 5.91 Å². The summed E-state index contributed by atoms with van der Waals surface area (Å²) >= 11 is 3.29. The van der Waals surface area contributed by atoms with E-state index in [0.717, 1.165) is 0 Å². The summed E-state index contributed by atoms with van der Waals surface area (Å²) in [5.74, 6) is 0.305. The van der Waals surface area contributed by atoms with E-state index in [1.807, 2.05) is 6.92 Å². The zero-order chi connectivity index (χ0) is 13.7. The second-order valence-electron chi connectivity index (χ2n) is 3.50. The molecule has 2 N–H and O–H groups in total. The van der Waals surface area contributed by atoms with Gasteiger partial charge < -0.3 is 5.32 Å². The van der Waals surface area contributed by atoms with Crippen molar-refractivity contribution in [2.75, 3.05) is 17.2 Å². The number of carbonyl (C=O) groups excluding carboxylic acids is 1. The molecule has 0 unspecified atom stereocenters. The van der Waals surface area contributed by atoms with Crippen LogP contribution < -0.4 is 10.6 Å². The van der Waals surface area contributed by atoms with E-state index in [-0.39, 0.29) is 11.9 Å². The van der Waals surface area contributed by atoms with Gasteiger partial charge in [0.2, 0.25) is 5.95 Å². The number of anilines is 2. The summed E-state index contributed by atoms with van der Waals surface area (Å²) in [6.45, 7) is 2.59. The minimum Gasteiger partial charge on any atom is -0.370 e. The molecule has 7 nitrogen and oxygen atoms in total. The predicted octanol–water partition coefficient (Wildman–Crippen LogP) is 1.71. The smallest absolute Gasteiger partial charge is 0.261 e. The maximum atomic E-state index is 12.1. The maximum Gasteiger partial charge on any atom is 0.261 e. The Morgan fingerprint density at radius 1 is 1.37 bits per heavy atom. The molecule has 0 atom stereocenters. The van der Waals surface area contributed by atoms with Gasteiger partial charge in [-0.15, -0.1) is 5.10 Å². The second-order valence-corrected chi connectivity index (χ2v) is 4.42. The van der Waals surface area contributed by atoms with E-state index in [1.165, 1.54) is 12.4 Å². The average Bonchev–Trinajstić information content (AvgIpc) is 2.42. The number of hydrogen-bond donors (Lipinski definition) is 2. The minimum atomic E-state index is -0.349. The van der Waals surface area contributed by atoms with E-state index in [2.05, 4.69) is 46.7 Å². The Labute approximate surface area is 118 Å². The van der Waals surface area contributed by atoms with Crippen LogP contribution in [0.4, 0.5) is 11.8 Å². The summed E-state index contributed by atoms with van der Waals surface area (Å²) in [4.78, 5) is 20.2. The van der Waals surface area contributed by atoms with Crippen LogP contribution in [0.2, 0.25) is 0 Å². The van der Waals surface area contributed by atoms with Gasteiger partial charge in [-0.25, -0.2) is 9.97 Å². The van der Waals surface area contributed by atoms with Gasteiger partial charge in [-0.05, 0) is 28.9 Å². The van der Waals surface area contributed by atoms with E-state index in [1.54, 1.807) is 12.3 Å². The van der Waals surface area contributed by atoms with E-state index in [9.17, 15) is 4.79 Å². The van der Waals surface area contributed by atoms with Gasteiger partial charge in [-0.3, -0.25) is 10.1 Å². The molecule has 2 rings (SSSR count). The second kappa shape index (κ2) is 6.19. The van der Waals surface area contributed by atoms with Crippen LogP contribution in [0.3, 0.4) is 0 Å². The molecule has 0 saturated heterocycles. The fourth-order valence-corrected chi connectivity index (χ4v) is 1.73. The highest BCUT2D eigenvalue weighted by Crippen LogP contribution is 2.18. The Hall–Kier alpha value is -2.09. The minimum absolute atomic E-state index is 0.148. The van der Waals surface area contributed by atoms with Crippen molar-refractivity contribution in [3.05, 3.63) is 34.7 Å². The van der Waals surface area contributed by atoms with E-state index < -0.39 is 0 Å². The Morgan fingerprint density at radius 3 is 2.89 bits per heavy atom. The molecule has 0 bridgehead atoms. The van der Waals surface area contributed by atoms with Crippen molar-refractivity contribution in [2.24, 2.45) is 0 Å².